The van der Waals surface area contributed by atoms with Gasteiger partial charge in [0.1, 0.15) is 0 Å². The molecular weight excluding hydrogens is 797 g/mol. The molecule has 0 saturated carbocycles. The predicted molar refractivity (Wildman–Crippen MR) is 282 cm³/mol. The van der Waals surface area contributed by atoms with Crippen molar-refractivity contribution in [3.63, 3.8) is 0 Å². The Morgan fingerprint density at radius 2 is 0.848 bits per heavy atom. The molecule has 2 heteroatoms. The normalized spacial score (nSPS) is 11.6. The van der Waals surface area contributed by atoms with E-state index in [9.17, 15) is 0 Å². The summed E-state index contributed by atoms with van der Waals surface area (Å²) in [6.45, 7) is 0. The van der Waals surface area contributed by atoms with Gasteiger partial charge in [0.15, 0.2) is 0 Å². The second-order valence-electron chi connectivity index (χ2n) is 17.2. The number of rotatable bonds is 7. The second-order valence-corrected chi connectivity index (χ2v) is 17.2. The summed E-state index contributed by atoms with van der Waals surface area (Å²) in [7, 11) is 0. The molecule has 1 heterocycles. The number of fused-ring (bicyclic) bond motifs is 8. The molecule has 12 aromatic carbocycles. The lowest BCUT2D eigenvalue weighted by atomic mass is 9.85. The molecule has 0 aliphatic rings. The van der Waals surface area contributed by atoms with E-state index in [2.05, 4.69) is 264 Å². The van der Waals surface area contributed by atoms with Crippen LogP contribution in [0.2, 0.25) is 0 Å². The van der Waals surface area contributed by atoms with Gasteiger partial charge in [0.25, 0.3) is 0 Å². The molecule has 0 fully saturated rings. The van der Waals surface area contributed by atoms with Crippen molar-refractivity contribution in [2.24, 2.45) is 0 Å². The largest absolute Gasteiger partial charge is 0.310 e. The van der Waals surface area contributed by atoms with E-state index in [4.69, 9.17) is 0 Å². The van der Waals surface area contributed by atoms with Crippen LogP contribution in [0.1, 0.15) is 0 Å². The summed E-state index contributed by atoms with van der Waals surface area (Å²) in [5, 5.41) is 12.2. The molecule has 2 nitrogen and oxygen atoms in total. The molecule has 0 radical (unpaired) electrons. The van der Waals surface area contributed by atoms with Gasteiger partial charge in [-0.2, -0.15) is 0 Å². The SMILES string of the molecule is c1ccc(-c2c(-c3ccccc3)c3cc(N(c4cccc(-c5cccc6ccccc56)c4)c4cccc5c4c4ccccc4n5-c4ccc5ccccc5c4)ccc3c3ccccc23)cc1. The summed E-state index contributed by atoms with van der Waals surface area (Å²) < 4.78 is 2.44. The van der Waals surface area contributed by atoms with Gasteiger partial charge in [-0.05, 0) is 131 Å². The Morgan fingerprint density at radius 3 is 1.65 bits per heavy atom. The van der Waals surface area contributed by atoms with Crippen LogP contribution in [0.3, 0.4) is 0 Å². The summed E-state index contributed by atoms with van der Waals surface area (Å²) in [6, 6.07) is 93.5. The van der Waals surface area contributed by atoms with Crippen LogP contribution in [0, 0.1) is 0 Å². The van der Waals surface area contributed by atoms with Crippen molar-refractivity contribution in [3.8, 4) is 39.1 Å². The minimum absolute atomic E-state index is 1.08. The van der Waals surface area contributed by atoms with E-state index in [1.807, 2.05) is 0 Å². The first-order chi connectivity index (χ1) is 32.8. The third-order valence-corrected chi connectivity index (χ3v) is 13.5. The van der Waals surface area contributed by atoms with E-state index in [-0.39, 0.29) is 0 Å². The van der Waals surface area contributed by atoms with Crippen LogP contribution in [0.15, 0.2) is 255 Å². The van der Waals surface area contributed by atoms with Crippen LogP contribution >= 0.6 is 0 Å². The average molecular weight is 839 g/mol. The molecule has 308 valence electrons. The molecule has 0 N–H and O–H groups in total. The Balaban J connectivity index is 1.13. The van der Waals surface area contributed by atoms with Crippen molar-refractivity contribution < 1.29 is 0 Å². The summed E-state index contributed by atoms with van der Waals surface area (Å²) in [5.41, 5.74) is 14.0. The lowest BCUT2D eigenvalue weighted by Crippen LogP contribution is -2.11. The zero-order valence-electron chi connectivity index (χ0n) is 36.1. The second kappa shape index (κ2) is 15.5. The van der Waals surface area contributed by atoms with E-state index < -0.39 is 0 Å². The van der Waals surface area contributed by atoms with Crippen LogP contribution in [0.4, 0.5) is 17.1 Å². The summed E-state index contributed by atoms with van der Waals surface area (Å²) >= 11 is 0. The van der Waals surface area contributed by atoms with Crippen molar-refractivity contribution in [3.05, 3.63) is 255 Å². The van der Waals surface area contributed by atoms with Crippen LogP contribution in [0.5, 0.6) is 0 Å². The van der Waals surface area contributed by atoms with Gasteiger partial charge in [-0.15, -0.1) is 0 Å². The number of nitrogens with zero attached hydrogens (tertiary/aromatic N) is 2. The number of hydrogen-bond donors (Lipinski definition) is 0. The first kappa shape index (κ1) is 37.8. The fraction of sp³-hybridized carbons (Fsp3) is 0. The molecule has 13 aromatic rings. The predicted octanol–water partition coefficient (Wildman–Crippen LogP) is 17.9. The van der Waals surface area contributed by atoms with Gasteiger partial charge >= 0.3 is 0 Å². The highest BCUT2D eigenvalue weighted by Crippen LogP contribution is 2.49. The number of aromatic nitrogens is 1. The minimum atomic E-state index is 1.08. The highest BCUT2D eigenvalue weighted by atomic mass is 15.1. The van der Waals surface area contributed by atoms with Crippen LogP contribution in [-0.2, 0) is 0 Å². The Bertz CT molecular complexity index is 3990. The van der Waals surface area contributed by atoms with Gasteiger partial charge in [-0.25, -0.2) is 0 Å². The smallest absolute Gasteiger partial charge is 0.0562 e. The maximum absolute atomic E-state index is 2.50. The Hall–Kier alpha value is -8.72. The van der Waals surface area contributed by atoms with Crippen molar-refractivity contribution >= 4 is 82.0 Å². The molecule has 1 aromatic heterocycles. The molecule has 0 aliphatic carbocycles. The standard InChI is InChI=1S/C64H42N2/c1-3-20-45(21-4-1)62-56-30-12-11-29-54(56)55-39-38-51(42-58(55)63(62)46-22-5-2-6-23-46)65(49-27-15-26-48(41-49)53-32-16-25-44-19-9-10-28-52(44)53)60-34-17-35-61-64(60)57-31-13-14-33-59(57)66(61)50-37-36-43-18-7-8-24-47(43)40-50/h1-42H. The first-order valence-corrected chi connectivity index (χ1v) is 22.8. The maximum atomic E-state index is 2.50. The van der Waals surface area contributed by atoms with E-state index in [0.29, 0.717) is 0 Å². The highest BCUT2D eigenvalue weighted by Gasteiger charge is 2.24. The van der Waals surface area contributed by atoms with Crippen molar-refractivity contribution in [2.75, 3.05) is 4.90 Å². The molecule has 0 atom stereocenters. The Morgan fingerprint density at radius 1 is 0.288 bits per heavy atom. The Labute approximate surface area is 383 Å². The lowest BCUT2D eigenvalue weighted by Gasteiger charge is -2.28. The van der Waals surface area contributed by atoms with E-state index >= 15 is 0 Å². The number of para-hydroxylation sites is 1. The van der Waals surface area contributed by atoms with Crippen LogP contribution in [0.25, 0.3) is 104 Å². The van der Waals surface area contributed by atoms with E-state index in [1.165, 1.54) is 92.8 Å². The van der Waals surface area contributed by atoms with Gasteiger partial charge in [0.05, 0.1) is 16.7 Å². The molecule has 0 saturated heterocycles. The summed E-state index contributed by atoms with van der Waals surface area (Å²) in [6.07, 6.45) is 0. The molecule has 0 spiro atoms. The van der Waals surface area contributed by atoms with Gasteiger partial charge in [0.2, 0.25) is 0 Å². The molecule has 66 heavy (non-hydrogen) atoms. The van der Waals surface area contributed by atoms with Crippen LogP contribution < -0.4 is 4.90 Å². The molecular formula is C64H42N2. The molecule has 0 bridgehead atoms. The van der Waals surface area contributed by atoms with Gasteiger partial charge in [0, 0.05) is 27.8 Å². The van der Waals surface area contributed by atoms with E-state index in [0.717, 1.165) is 28.3 Å². The third kappa shape index (κ3) is 6.11. The Kier molecular flexibility index (Phi) is 8.89. The first-order valence-electron chi connectivity index (χ1n) is 22.8. The number of benzene rings is 12. The fourth-order valence-corrected chi connectivity index (χ4v) is 10.6. The molecule has 13 rings (SSSR count). The highest BCUT2D eigenvalue weighted by molar-refractivity contribution is 6.23. The maximum Gasteiger partial charge on any atom is 0.0562 e. The van der Waals surface area contributed by atoms with Gasteiger partial charge in [-0.3, -0.25) is 0 Å². The molecule has 0 aliphatic heterocycles. The quantitative estimate of drug-likeness (QED) is 0.145. The minimum Gasteiger partial charge on any atom is -0.310 e. The van der Waals surface area contributed by atoms with Gasteiger partial charge in [-0.1, -0.05) is 200 Å². The summed E-state index contributed by atoms with van der Waals surface area (Å²) in [5.74, 6) is 0. The number of hydrogen-bond acceptors (Lipinski definition) is 1. The zero-order valence-corrected chi connectivity index (χ0v) is 36.1. The zero-order chi connectivity index (χ0) is 43.6. The monoisotopic (exact) mass is 838 g/mol. The van der Waals surface area contributed by atoms with Crippen molar-refractivity contribution in [1.82, 2.24) is 4.57 Å². The van der Waals surface area contributed by atoms with Gasteiger partial charge < -0.3 is 9.47 Å². The lowest BCUT2D eigenvalue weighted by molar-refractivity contribution is 1.18. The summed E-state index contributed by atoms with van der Waals surface area (Å²) in [4.78, 5) is 2.50. The topological polar surface area (TPSA) is 8.17 Å². The fourth-order valence-electron chi connectivity index (χ4n) is 10.6. The molecule has 0 amide bonds. The molecule has 0 unspecified atom stereocenters. The van der Waals surface area contributed by atoms with Crippen molar-refractivity contribution in [1.29, 1.82) is 0 Å². The van der Waals surface area contributed by atoms with Crippen molar-refractivity contribution in [2.45, 2.75) is 0 Å². The van der Waals surface area contributed by atoms with Crippen LogP contribution in [-0.4, -0.2) is 4.57 Å². The number of anilines is 3. The van der Waals surface area contributed by atoms with E-state index in [1.54, 1.807) is 0 Å². The third-order valence-electron chi connectivity index (χ3n) is 13.5. The average Bonchev–Trinajstić information content (AvgIpc) is 3.73.